The van der Waals surface area contributed by atoms with Crippen molar-refractivity contribution in [3.8, 4) is 0 Å². The molecule has 2 aromatic rings. The number of hydrogen-bond acceptors (Lipinski definition) is 0. The van der Waals surface area contributed by atoms with Crippen molar-refractivity contribution in [3.05, 3.63) is 76.4 Å². The van der Waals surface area contributed by atoms with Gasteiger partial charge in [-0.25, -0.2) is 0 Å². The second-order valence-corrected chi connectivity index (χ2v) is 8.86. The minimum Gasteiger partial charge on any atom is -0.0653 e. The Balaban J connectivity index is 2.14. The molecule has 28 heavy (non-hydrogen) atoms. The van der Waals surface area contributed by atoms with Crippen molar-refractivity contribution < 1.29 is 0 Å². The fourth-order valence-electron chi connectivity index (χ4n) is 6.84. The molecular formula is C28H36. The Labute approximate surface area is 172 Å². The third-order valence-electron chi connectivity index (χ3n) is 7.42. The van der Waals surface area contributed by atoms with E-state index in [1.54, 1.807) is 33.4 Å². The predicted octanol–water partition coefficient (Wildman–Crippen LogP) is 8.19. The number of allylic oxidation sites excluding steroid dienone is 2. The molecule has 0 N–H and O–H groups in total. The predicted molar refractivity (Wildman–Crippen MR) is 122 cm³/mol. The Morgan fingerprint density at radius 2 is 1.11 bits per heavy atom. The van der Waals surface area contributed by atoms with E-state index in [2.05, 4.69) is 76.2 Å². The van der Waals surface area contributed by atoms with Crippen molar-refractivity contribution in [3.63, 3.8) is 0 Å². The van der Waals surface area contributed by atoms with E-state index in [0.717, 1.165) is 0 Å². The molecule has 4 rings (SSSR count). The monoisotopic (exact) mass is 372 g/mol. The van der Waals surface area contributed by atoms with Crippen LogP contribution in [0, 0.1) is 0 Å². The summed E-state index contributed by atoms with van der Waals surface area (Å²) < 4.78 is 0. The first-order valence-corrected chi connectivity index (χ1v) is 11.6. The Morgan fingerprint density at radius 3 is 1.71 bits per heavy atom. The zero-order valence-corrected chi connectivity index (χ0v) is 18.3. The Hall–Kier alpha value is -1.82. The first kappa shape index (κ1) is 19.5. The lowest BCUT2D eigenvalue weighted by Gasteiger charge is -2.66. The summed E-state index contributed by atoms with van der Waals surface area (Å²) in [5, 5.41) is 0. The van der Waals surface area contributed by atoms with Crippen molar-refractivity contribution in [2.75, 3.05) is 0 Å². The number of fused-ring (bicyclic) bond motifs is 6. The SMILES string of the molecule is CCCC1=C(CCC)C2(CCC)c3ccccc3C2(CCC)c2ccccc21. The molecule has 0 heterocycles. The highest BCUT2D eigenvalue weighted by molar-refractivity contribution is 5.84. The van der Waals surface area contributed by atoms with Crippen molar-refractivity contribution in [2.45, 2.75) is 89.9 Å². The molecule has 0 aromatic heterocycles. The second kappa shape index (κ2) is 7.54. The summed E-state index contributed by atoms with van der Waals surface area (Å²) >= 11 is 0. The molecule has 2 unspecified atom stereocenters. The molecule has 0 aliphatic heterocycles. The lowest BCUT2D eigenvalue weighted by atomic mass is 9.36. The van der Waals surface area contributed by atoms with E-state index in [0.29, 0.717) is 0 Å². The molecule has 2 aromatic carbocycles. The lowest BCUT2D eigenvalue weighted by Crippen LogP contribution is -2.62. The molecule has 0 saturated heterocycles. The molecule has 0 saturated carbocycles. The van der Waals surface area contributed by atoms with Crippen LogP contribution in [0.25, 0.3) is 5.57 Å². The van der Waals surface area contributed by atoms with Gasteiger partial charge in [-0.05, 0) is 53.5 Å². The molecule has 0 amide bonds. The molecule has 0 spiro atoms. The number of benzene rings is 2. The third-order valence-corrected chi connectivity index (χ3v) is 7.42. The fourth-order valence-corrected chi connectivity index (χ4v) is 6.84. The average molecular weight is 373 g/mol. The standard InChI is InChI=1S/C28H36/c1-5-13-21-22-15-9-10-16-24(22)28(20-8-4)26-18-12-11-17-25(26)27(28,19-7-3)23(21)14-6-2/h9-12,15-18H,5-8,13-14,19-20H2,1-4H3. The van der Waals surface area contributed by atoms with Crippen molar-refractivity contribution in [2.24, 2.45) is 0 Å². The first-order valence-electron chi connectivity index (χ1n) is 11.6. The highest BCUT2D eigenvalue weighted by atomic mass is 14.7. The van der Waals surface area contributed by atoms with Crippen molar-refractivity contribution >= 4 is 5.57 Å². The van der Waals surface area contributed by atoms with Gasteiger partial charge >= 0.3 is 0 Å². The van der Waals surface area contributed by atoms with E-state index in [9.17, 15) is 0 Å². The summed E-state index contributed by atoms with van der Waals surface area (Å²) in [6, 6.07) is 18.8. The third kappa shape index (κ3) is 2.30. The van der Waals surface area contributed by atoms with Gasteiger partial charge in [-0.1, -0.05) is 107 Å². The van der Waals surface area contributed by atoms with E-state index in [4.69, 9.17) is 0 Å². The Morgan fingerprint density at radius 1 is 0.571 bits per heavy atom. The molecule has 2 atom stereocenters. The van der Waals surface area contributed by atoms with Gasteiger partial charge in [0.2, 0.25) is 0 Å². The Bertz CT molecular complexity index is 886. The minimum atomic E-state index is 0.173. The van der Waals surface area contributed by atoms with E-state index in [-0.39, 0.29) is 10.8 Å². The Kier molecular flexibility index (Phi) is 5.25. The average Bonchev–Trinajstić information content (AvgIpc) is 2.72. The summed E-state index contributed by atoms with van der Waals surface area (Å²) in [5.41, 5.74) is 10.3. The number of rotatable bonds is 8. The molecule has 2 aliphatic carbocycles. The summed E-state index contributed by atoms with van der Waals surface area (Å²) in [6.07, 6.45) is 9.92. The molecular weight excluding hydrogens is 336 g/mol. The largest absolute Gasteiger partial charge is 0.0653 e. The summed E-state index contributed by atoms with van der Waals surface area (Å²) in [6.45, 7) is 9.47. The summed E-state index contributed by atoms with van der Waals surface area (Å²) in [5.74, 6) is 0. The minimum absolute atomic E-state index is 0.173. The van der Waals surface area contributed by atoms with Gasteiger partial charge in [-0.2, -0.15) is 0 Å². The fraction of sp³-hybridized carbons (Fsp3) is 0.500. The van der Waals surface area contributed by atoms with Crippen LogP contribution in [-0.2, 0) is 10.8 Å². The zero-order valence-electron chi connectivity index (χ0n) is 18.3. The van der Waals surface area contributed by atoms with Gasteiger partial charge in [-0.3, -0.25) is 0 Å². The van der Waals surface area contributed by atoms with Crippen molar-refractivity contribution in [1.82, 2.24) is 0 Å². The van der Waals surface area contributed by atoms with Crippen LogP contribution in [0.4, 0.5) is 0 Å². The molecule has 0 fully saturated rings. The summed E-state index contributed by atoms with van der Waals surface area (Å²) in [4.78, 5) is 0. The number of hydrogen-bond donors (Lipinski definition) is 0. The zero-order chi connectivity index (χ0) is 19.8. The van der Waals surface area contributed by atoms with Gasteiger partial charge in [-0.15, -0.1) is 0 Å². The van der Waals surface area contributed by atoms with Gasteiger partial charge in [0, 0.05) is 10.8 Å². The van der Waals surface area contributed by atoms with Crippen LogP contribution in [0.2, 0.25) is 0 Å². The topological polar surface area (TPSA) is 0 Å². The van der Waals surface area contributed by atoms with Gasteiger partial charge < -0.3 is 0 Å². The van der Waals surface area contributed by atoms with E-state index < -0.39 is 0 Å². The van der Waals surface area contributed by atoms with Crippen LogP contribution >= 0.6 is 0 Å². The second-order valence-electron chi connectivity index (χ2n) is 8.86. The van der Waals surface area contributed by atoms with Gasteiger partial charge in [0.25, 0.3) is 0 Å². The van der Waals surface area contributed by atoms with Crippen LogP contribution in [0.15, 0.2) is 54.1 Å². The molecule has 0 radical (unpaired) electrons. The summed E-state index contributed by atoms with van der Waals surface area (Å²) in [7, 11) is 0. The van der Waals surface area contributed by atoms with E-state index in [1.807, 2.05) is 0 Å². The van der Waals surface area contributed by atoms with Crippen LogP contribution in [0.1, 0.15) is 101 Å². The van der Waals surface area contributed by atoms with Crippen molar-refractivity contribution in [1.29, 1.82) is 0 Å². The molecule has 2 aliphatic rings. The maximum atomic E-state index is 2.46. The highest BCUT2D eigenvalue weighted by Crippen LogP contribution is 2.71. The maximum absolute atomic E-state index is 2.46. The van der Waals surface area contributed by atoms with Crippen LogP contribution in [0.3, 0.4) is 0 Å². The van der Waals surface area contributed by atoms with Crippen LogP contribution < -0.4 is 0 Å². The lowest BCUT2D eigenvalue weighted by molar-refractivity contribution is 0.196. The van der Waals surface area contributed by atoms with Gasteiger partial charge in [0.05, 0.1) is 0 Å². The van der Waals surface area contributed by atoms with Gasteiger partial charge in [0.1, 0.15) is 0 Å². The quantitative estimate of drug-likeness (QED) is 0.438. The normalized spacial score (nSPS) is 25.0. The van der Waals surface area contributed by atoms with Crippen LogP contribution in [0.5, 0.6) is 0 Å². The van der Waals surface area contributed by atoms with Gasteiger partial charge in [0.15, 0.2) is 0 Å². The first-order chi connectivity index (χ1) is 13.7. The van der Waals surface area contributed by atoms with Crippen LogP contribution in [-0.4, -0.2) is 0 Å². The molecule has 0 heteroatoms. The molecule has 0 bridgehead atoms. The highest BCUT2D eigenvalue weighted by Gasteiger charge is 2.66. The maximum Gasteiger partial charge on any atom is 0.0346 e. The van der Waals surface area contributed by atoms with E-state index in [1.165, 1.54) is 51.4 Å². The smallest absolute Gasteiger partial charge is 0.0346 e. The van der Waals surface area contributed by atoms with E-state index >= 15 is 0 Å². The molecule has 148 valence electrons. The molecule has 0 nitrogen and oxygen atoms in total.